The van der Waals surface area contributed by atoms with Gasteiger partial charge in [0.1, 0.15) is 5.82 Å². The van der Waals surface area contributed by atoms with Crippen LogP contribution in [0, 0.1) is 5.82 Å². The van der Waals surface area contributed by atoms with E-state index in [1.54, 1.807) is 0 Å². The van der Waals surface area contributed by atoms with Gasteiger partial charge in [-0.3, -0.25) is 0 Å². The number of rotatable bonds is 4. The Balaban J connectivity index is 1.40. The Labute approximate surface area is 188 Å². The number of nitrogens with zero attached hydrogens (tertiary/aromatic N) is 8. The van der Waals surface area contributed by atoms with Gasteiger partial charge in [0.2, 0.25) is 11.8 Å². The van der Waals surface area contributed by atoms with Crippen LogP contribution in [-0.4, -0.2) is 106 Å². The highest BCUT2D eigenvalue weighted by Crippen LogP contribution is 2.30. The van der Waals surface area contributed by atoms with Crippen LogP contribution in [0.25, 0.3) is 0 Å². The van der Waals surface area contributed by atoms with Crippen LogP contribution in [0.4, 0.5) is 27.8 Å². The minimum absolute atomic E-state index is 0.313. The predicted octanol–water partition coefficient (Wildman–Crippen LogP) is 0.926. The van der Waals surface area contributed by atoms with E-state index in [9.17, 15) is 0 Å². The second kappa shape index (κ2) is 9.41. The topological polar surface area (TPSA) is 64.1 Å². The lowest BCUT2D eigenvalue weighted by Gasteiger charge is -2.38. The lowest BCUT2D eigenvalue weighted by atomic mass is 10.3. The van der Waals surface area contributed by atoms with Crippen molar-refractivity contribution in [2.24, 2.45) is 0 Å². The number of hydrogen-bond acceptors (Lipinski definition) is 9. The van der Waals surface area contributed by atoms with Gasteiger partial charge in [-0.2, -0.15) is 14.4 Å². The maximum Gasteiger partial charge on any atom is 0.229 e. The van der Waals surface area contributed by atoms with Crippen molar-refractivity contribution in [2.45, 2.75) is 0 Å². The second-order valence-corrected chi connectivity index (χ2v) is 8.54. The van der Waals surface area contributed by atoms with Gasteiger partial charge < -0.3 is 29.2 Å². The van der Waals surface area contributed by atoms with Crippen molar-refractivity contribution >= 4 is 23.4 Å². The van der Waals surface area contributed by atoms with Crippen molar-refractivity contribution in [1.29, 1.82) is 0 Å². The molecule has 0 atom stereocenters. The summed E-state index contributed by atoms with van der Waals surface area (Å²) in [5.41, 5.74) is 0. The second-order valence-electron chi connectivity index (χ2n) is 8.54. The van der Waals surface area contributed by atoms with Crippen LogP contribution < -0.4 is 19.6 Å². The van der Waals surface area contributed by atoms with Crippen molar-refractivity contribution in [3.8, 4) is 0 Å². The average molecular weight is 443 g/mol. The van der Waals surface area contributed by atoms with Crippen LogP contribution in [0.2, 0.25) is 0 Å². The van der Waals surface area contributed by atoms with Crippen LogP contribution in [0.3, 0.4) is 0 Å². The zero-order valence-electron chi connectivity index (χ0n) is 18.7. The molecular weight excluding hydrogens is 411 g/mol. The molecular formula is C22H31FN8O. The normalized spacial score (nSPS) is 20.7. The monoisotopic (exact) mass is 442 g/mol. The fraction of sp³-hybridized carbons (Fsp3) is 0.591. The molecule has 2 aromatic rings. The van der Waals surface area contributed by atoms with E-state index < -0.39 is 0 Å². The molecule has 3 fully saturated rings. The van der Waals surface area contributed by atoms with Gasteiger partial charge in [0.15, 0.2) is 11.6 Å². The smallest absolute Gasteiger partial charge is 0.229 e. The number of ether oxygens (including phenoxy) is 1. The third kappa shape index (κ3) is 4.42. The predicted molar refractivity (Wildman–Crippen MR) is 123 cm³/mol. The molecule has 172 valence electrons. The first-order valence-corrected chi connectivity index (χ1v) is 11.4. The number of piperazine rings is 2. The van der Waals surface area contributed by atoms with Crippen LogP contribution >= 0.6 is 0 Å². The summed E-state index contributed by atoms with van der Waals surface area (Å²) < 4.78 is 21.1. The quantitative estimate of drug-likeness (QED) is 0.688. The number of anilines is 4. The van der Waals surface area contributed by atoms with Gasteiger partial charge >= 0.3 is 0 Å². The molecule has 5 heterocycles. The lowest BCUT2D eigenvalue weighted by Crippen LogP contribution is -2.48. The highest BCUT2D eigenvalue weighted by Gasteiger charge is 2.29. The van der Waals surface area contributed by atoms with Gasteiger partial charge in [-0.25, -0.2) is 4.98 Å². The summed E-state index contributed by atoms with van der Waals surface area (Å²) in [6.07, 6.45) is 1.82. The van der Waals surface area contributed by atoms with Gasteiger partial charge in [0, 0.05) is 71.6 Å². The number of pyridine rings is 1. The van der Waals surface area contributed by atoms with Crippen molar-refractivity contribution in [2.75, 3.05) is 105 Å². The summed E-state index contributed by atoms with van der Waals surface area (Å²) in [6.45, 7) is 8.98. The maximum absolute atomic E-state index is 15.7. The summed E-state index contributed by atoms with van der Waals surface area (Å²) in [6, 6.07) is 5.97. The Morgan fingerprint density at radius 2 is 1.34 bits per heavy atom. The number of morpholine rings is 1. The highest BCUT2D eigenvalue weighted by atomic mass is 19.1. The summed E-state index contributed by atoms with van der Waals surface area (Å²) in [7, 11) is 2.10. The number of likely N-dealkylation sites (N-methyl/N-ethyl adjacent to an activating group) is 1. The molecule has 5 rings (SSSR count). The van der Waals surface area contributed by atoms with Crippen molar-refractivity contribution in [3.63, 3.8) is 0 Å². The van der Waals surface area contributed by atoms with E-state index in [0.717, 1.165) is 58.2 Å². The van der Waals surface area contributed by atoms with Crippen LogP contribution in [0.15, 0.2) is 24.4 Å². The number of halogens is 1. The van der Waals surface area contributed by atoms with Crippen molar-refractivity contribution < 1.29 is 9.13 Å². The first-order chi connectivity index (χ1) is 15.7. The highest BCUT2D eigenvalue weighted by molar-refractivity contribution is 5.58. The van der Waals surface area contributed by atoms with Crippen LogP contribution in [0.1, 0.15) is 0 Å². The van der Waals surface area contributed by atoms with Crippen LogP contribution in [-0.2, 0) is 4.74 Å². The number of hydrogen-bond donors (Lipinski definition) is 0. The van der Waals surface area contributed by atoms with E-state index in [2.05, 4.69) is 31.6 Å². The Morgan fingerprint density at radius 3 is 1.97 bits per heavy atom. The first-order valence-electron chi connectivity index (χ1n) is 11.4. The summed E-state index contributed by atoms with van der Waals surface area (Å²) in [5, 5.41) is 0. The lowest BCUT2D eigenvalue weighted by molar-refractivity contribution is 0.122. The van der Waals surface area contributed by atoms with Gasteiger partial charge in [0.25, 0.3) is 0 Å². The molecule has 0 aromatic carbocycles. The van der Waals surface area contributed by atoms with Crippen molar-refractivity contribution in [1.82, 2.24) is 19.9 Å². The largest absolute Gasteiger partial charge is 0.378 e. The molecule has 3 aliphatic rings. The van der Waals surface area contributed by atoms with Gasteiger partial charge in [-0.05, 0) is 19.2 Å². The van der Waals surface area contributed by atoms with Gasteiger partial charge in [-0.15, -0.1) is 0 Å². The fourth-order valence-corrected chi connectivity index (χ4v) is 4.44. The molecule has 0 bridgehead atoms. The van der Waals surface area contributed by atoms with E-state index in [1.807, 2.05) is 29.3 Å². The fourth-order valence-electron chi connectivity index (χ4n) is 4.44. The molecule has 32 heavy (non-hydrogen) atoms. The minimum atomic E-state index is -0.313. The molecule has 0 unspecified atom stereocenters. The SMILES string of the molecule is CN1CCN(c2nc(N3CCN(c4ccccn4)CC3)nc(N3CCOCC3)c2F)CC1. The maximum atomic E-state index is 15.7. The Hall–Kier alpha value is -2.72. The molecule has 0 saturated carbocycles. The van der Waals surface area contributed by atoms with E-state index in [1.165, 1.54) is 0 Å². The third-order valence-electron chi connectivity index (χ3n) is 6.45. The molecule has 0 radical (unpaired) electrons. The Kier molecular flexibility index (Phi) is 6.22. The van der Waals surface area contributed by atoms with Gasteiger partial charge in [0.05, 0.1) is 13.2 Å². The molecule has 10 heteroatoms. The summed E-state index contributed by atoms with van der Waals surface area (Å²) >= 11 is 0. The minimum Gasteiger partial charge on any atom is -0.378 e. The Morgan fingerprint density at radius 1 is 0.750 bits per heavy atom. The van der Waals surface area contributed by atoms with Crippen LogP contribution in [0.5, 0.6) is 0 Å². The molecule has 0 spiro atoms. The molecule has 2 aromatic heterocycles. The Bertz CT molecular complexity index is 894. The van der Waals surface area contributed by atoms with E-state index in [4.69, 9.17) is 14.7 Å². The van der Waals surface area contributed by atoms with E-state index in [0.29, 0.717) is 43.9 Å². The molecule has 0 amide bonds. The van der Waals surface area contributed by atoms with E-state index in [-0.39, 0.29) is 5.82 Å². The molecule has 0 aliphatic carbocycles. The molecule has 0 N–H and O–H groups in total. The zero-order valence-corrected chi connectivity index (χ0v) is 18.7. The third-order valence-corrected chi connectivity index (χ3v) is 6.45. The average Bonchev–Trinajstić information content (AvgIpc) is 2.86. The van der Waals surface area contributed by atoms with E-state index >= 15 is 4.39 Å². The molecule has 3 saturated heterocycles. The molecule has 9 nitrogen and oxygen atoms in total. The first kappa shape index (κ1) is 21.1. The molecule has 3 aliphatic heterocycles. The summed E-state index contributed by atoms with van der Waals surface area (Å²) in [5.74, 6) is 2.12. The van der Waals surface area contributed by atoms with Crippen molar-refractivity contribution in [3.05, 3.63) is 30.2 Å². The number of aromatic nitrogens is 3. The summed E-state index contributed by atoms with van der Waals surface area (Å²) in [4.78, 5) is 24.7. The zero-order chi connectivity index (χ0) is 21.9. The van der Waals surface area contributed by atoms with Gasteiger partial charge in [-0.1, -0.05) is 6.07 Å². The standard InChI is InChI=1S/C22H31FN8O/c1-27-6-8-29(9-7-27)20-19(23)21(30-14-16-32-17-15-30)26-22(25-20)31-12-10-28(11-13-31)18-4-2-3-5-24-18/h2-5H,6-17H2,1H3.